The Morgan fingerprint density at radius 1 is 1.40 bits per heavy atom. The van der Waals surface area contributed by atoms with Crippen LogP contribution >= 0.6 is 11.8 Å². The highest BCUT2D eigenvalue weighted by molar-refractivity contribution is 7.99. The monoisotopic (exact) mass is 228 g/mol. The Morgan fingerprint density at radius 3 is 2.93 bits per heavy atom. The van der Waals surface area contributed by atoms with Gasteiger partial charge in [0.1, 0.15) is 0 Å². The number of amides is 1. The SMILES string of the molecule is CN1CC(NC2CCCSC2)CCC1=O. The molecule has 15 heavy (non-hydrogen) atoms. The van der Waals surface area contributed by atoms with Crippen LogP contribution in [-0.2, 0) is 4.79 Å². The second kappa shape index (κ2) is 5.21. The number of nitrogens with zero attached hydrogens (tertiary/aromatic N) is 1. The normalized spacial score (nSPS) is 33.1. The number of likely N-dealkylation sites (N-methyl/N-ethyl adjacent to an activating group) is 1. The van der Waals surface area contributed by atoms with Gasteiger partial charge in [-0.1, -0.05) is 0 Å². The van der Waals surface area contributed by atoms with Gasteiger partial charge in [-0.05, 0) is 25.0 Å². The predicted molar refractivity (Wildman–Crippen MR) is 64.1 cm³/mol. The summed E-state index contributed by atoms with van der Waals surface area (Å²) >= 11 is 2.05. The van der Waals surface area contributed by atoms with Crippen molar-refractivity contribution in [1.82, 2.24) is 10.2 Å². The standard InChI is InChI=1S/C11H20N2OS/c1-13-7-9(4-5-11(13)14)12-10-3-2-6-15-8-10/h9-10,12H,2-8H2,1H3. The fourth-order valence-electron chi connectivity index (χ4n) is 2.35. The molecule has 0 aliphatic carbocycles. The molecule has 2 rings (SSSR count). The van der Waals surface area contributed by atoms with Gasteiger partial charge in [-0.25, -0.2) is 0 Å². The summed E-state index contributed by atoms with van der Waals surface area (Å²) in [5.74, 6) is 2.86. The molecule has 0 saturated carbocycles. The molecule has 2 unspecified atom stereocenters. The van der Waals surface area contributed by atoms with Gasteiger partial charge in [-0.15, -0.1) is 0 Å². The van der Waals surface area contributed by atoms with Gasteiger partial charge in [-0.3, -0.25) is 4.79 Å². The molecule has 2 aliphatic heterocycles. The van der Waals surface area contributed by atoms with Crippen LogP contribution in [0.25, 0.3) is 0 Å². The van der Waals surface area contributed by atoms with Crippen molar-refractivity contribution in [3.8, 4) is 0 Å². The van der Waals surface area contributed by atoms with E-state index in [9.17, 15) is 4.79 Å². The number of thioether (sulfide) groups is 1. The molecule has 2 atom stereocenters. The fraction of sp³-hybridized carbons (Fsp3) is 0.909. The number of nitrogens with one attached hydrogen (secondary N) is 1. The van der Waals surface area contributed by atoms with Gasteiger partial charge < -0.3 is 10.2 Å². The minimum atomic E-state index is 0.297. The van der Waals surface area contributed by atoms with Gasteiger partial charge in [0.25, 0.3) is 0 Å². The summed E-state index contributed by atoms with van der Waals surface area (Å²) in [4.78, 5) is 13.2. The van der Waals surface area contributed by atoms with Crippen LogP contribution in [-0.4, -0.2) is 48.0 Å². The number of likely N-dealkylation sites (tertiary alicyclic amines) is 1. The minimum absolute atomic E-state index is 0.297. The molecule has 2 heterocycles. The predicted octanol–water partition coefficient (Wildman–Crippen LogP) is 1.09. The number of rotatable bonds is 2. The first-order chi connectivity index (χ1) is 7.25. The molecule has 2 fully saturated rings. The molecule has 2 saturated heterocycles. The Labute approximate surface area is 96.0 Å². The summed E-state index contributed by atoms with van der Waals surface area (Å²) in [5.41, 5.74) is 0. The van der Waals surface area contributed by atoms with Gasteiger partial charge >= 0.3 is 0 Å². The van der Waals surface area contributed by atoms with Crippen LogP contribution in [0.3, 0.4) is 0 Å². The molecule has 1 N–H and O–H groups in total. The average molecular weight is 228 g/mol. The summed E-state index contributed by atoms with van der Waals surface area (Å²) in [6, 6.07) is 1.20. The van der Waals surface area contributed by atoms with Crippen LogP contribution in [0.5, 0.6) is 0 Å². The first-order valence-corrected chi connectivity index (χ1v) is 6.99. The van der Waals surface area contributed by atoms with Crippen LogP contribution < -0.4 is 5.32 Å². The van der Waals surface area contributed by atoms with Crippen LogP contribution in [0.2, 0.25) is 0 Å². The van der Waals surface area contributed by atoms with Crippen molar-refractivity contribution in [3.05, 3.63) is 0 Å². The zero-order valence-corrected chi connectivity index (χ0v) is 10.2. The maximum atomic E-state index is 11.3. The van der Waals surface area contributed by atoms with E-state index in [0.29, 0.717) is 24.4 Å². The fourth-order valence-corrected chi connectivity index (χ4v) is 3.44. The average Bonchev–Trinajstić information content (AvgIpc) is 2.25. The molecule has 86 valence electrons. The highest BCUT2D eigenvalue weighted by Gasteiger charge is 2.25. The van der Waals surface area contributed by atoms with Crippen LogP contribution in [0, 0.1) is 0 Å². The molecule has 0 aromatic heterocycles. The summed E-state index contributed by atoms with van der Waals surface area (Å²) < 4.78 is 0. The van der Waals surface area contributed by atoms with E-state index in [1.54, 1.807) is 0 Å². The summed E-state index contributed by atoms with van der Waals surface area (Å²) in [6.45, 7) is 0.889. The third-order valence-corrected chi connectivity index (χ3v) is 4.47. The van der Waals surface area contributed by atoms with Crippen molar-refractivity contribution in [1.29, 1.82) is 0 Å². The Kier molecular flexibility index (Phi) is 3.92. The second-order valence-corrected chi connectivity index (χ2v) is 5.74. The van der Waals surface area contributed by atoms with Crippen molar-refractivity contribution < 1.29 is 4.79 Å². The molecule has 4 heteroatoms. The number of carbonyl (C=O) groups excluding carboxylic acids is 1. The minimum Gasteiger partial charge on any atom is -0.344 e. The Bertz CT molecular complexity index is 229. The Balaban J connectivity index is 1.76. The Hall–Kier alpha value is -0.220. The van der Waals surface area contributed by atoms with Crippen molar-refractivity contribution in [2.24, 2.45) is 0 Å². The van der Waals surface area contributed by atoms with Crippen molar-refractivity contribution in [2.45, 2.75) is 37.8 Å². The summed E-state index contributed by atoms with van der Waals surface area (Å²) in [6.07, 6.45) is 4.38. The number of hydrogen-bond acceptors (Lipinski definition) is 3. The molecular weight excluding hydrogens is 208 g/mol. The number of carbonyl (C=O) groups is 1. The first-order valence-electron chi connectivity index (χ1n) is 5.83. The van der Waals surface area contributed by atoms with E-state index in [4.69, 9.17) is 0 Å². The molecule has 0 aromatic carbocycles. The number of hydrogen-bond donors (Lipinski definition) is 1. The van der Waals surface area contributed by atoms with Crippen LogP contribution in [0.1, 0.15) is 25.7 Å². The second-order valence-electron chi connectivity index (χ2n) is 4.59. The lowest BCUT2D eigenvalue weighted by Gasteiger charge is -2.34. The van der Waals surface area contributed by atoms with Gasteiger partial charge in [0.15, 0.2) is 0 Å². The van der Waals surface area contributed by atoms with E-state index in [2.05, 4.69) is 5.32 Å². The maximum Gasteiger partial charge on any atom is 0.222 e. The lowest BCUT2D eigenvalue weighted by Crippen LogP contribution is -2.50. The van der Waals surface area contributed by atoms with E-state index in [1.807, 2.05) is 23.7 Å². The third kappa shape index (κ3) is 3.11. The van der Waals surface area contributed by atoms with E-state index in [0.717, 1.165) is 13.0 Å². The molecule has 0 radical (unpaired) electrons. The van der Waals surface area contributed by atoms with E-state index >= 15 is 0 Å². The summed E-state index contributed by atoms with van der Waals surface area (Å²) in [7, 11) is 1.91. The van der Waals surface area contributed by atoms with Crippen LogP contribution in [0.15, 0.2) is 0 Å². The summed E-state index contributed by atoms with van der Waals surface area (Å²) in [5, 5.41) is 3.69. The lowest BCUT2D eigenvalue weighted by molar-refractivity contribution is -0.132. The topological polar surface area (TPSA) is 32.3 Å². The van der Waals surface area contributed by atoms with Crippen LogP contribution in [0.4, 0.5) is 0 Å². The molecule has 2 aliphatic rings. The van der Waals surface area contributed by atoms with Crippen molar-refractivity contribution in [3.63, 3.8) is 0 Å². The molecule has 3 nitrogen and oxygen atoms in total. The zero-order chi connectivity index (χ0) is 10.7. The lowest BCUT2D eigenvalue weighted by atomic mass is 10.0. The van der Waals surface area contributed by atoms with E-state index in [1.165, 1.54) is 24.3 Å². The number of piperidine rings is 1. The quantitative estimate of drug-likeness (QED) is 0.768. The van der Waals surface area contributed by atoms with Gasteiger partial charge in [0, 0.05) is 37.8 Å². The van der Waals surface area contributed by atoms with Gasteiger partial charge in [0.2, 0.25) is 5.91 Å². The molecule has 0 aromatic rings. The van der Waals surface area contributed by atoms with Crippen molar-refractivity contribution in [2.75, 3.05) is 25.1 Å². The maximum absolute atomic E-state index is 11.3. The molecule has 1 amide bonds. The highest BCUT2D eigenvalue weighted by atomic mass is 32.2. The Morgan fingerprint density at radius 2 is 2.27 bits per heavy atom. The smallest absolute Gasteiger partial charge is 0.222 e. The largest absolute Gasteiger partial charge is 0.344 e. The van der Waals surface area contributed by atoms with Crippen molar-refractivity contribution >= 4 is 17.7 Å². The van der Waals surface area contributed by atoms with Gasteiger partial charge in [-0.2, -0.15) is 11.8 Å². The van der Waals surface area contributed by atoms with E-state index in [-0.39, 0.29) is 0 Å². The molecular formula is C11H20N2OS. The highest BCUT2D eigenvalue weighted by Crippen LogP contribution is 2.19. The molecule has 0 spiro atoms. The zero-order valence-electron chi connectivity index (χ0n) is 9.37. The van der Waals surface area contributed by atoms with E-state index < -0.39 is 0 Å². The van der Waals surface area contributed by atoms with Gasteiger partial charge in [0.05, 0.1) is 0 Å². The third-order valence-electron chi connectivity index (χ3n) is 3.26. The first kappa shape index (κ1) is 11.3. The molecule has 0 bridgehead atoms.